The zero-order valence-corrected chi connectivity index (χ0v) is 19.1. The van der Waals surface area contributed by atoms with E-state index >= 15 is 0 Å². The second kappa shape index (κ2) is 6.55. The van der Waals surface area contributed by atoms with Gasteiger partial charge in [-0.05, 0) is 47.5 Å². The molecule has 2 heterocycles. The quantitative estimate of drug-likeness (QED) is 0.452. The predicted octanol–water partition coefficient (Wildman–Crippen LogP) is 6.41. The third-order valence-corrected chi connectivity index (χ3v) is 7.22. The van der Waals surface area contributed by atoms with E-state index in [-0.39, 0.29) is 17.0 Å². The molecule has 3 aromatic rings. The Morgan fingerprint density at radius 2 is 1.64 bits per heavy atom. The van der Waals surface area contributed by atoms with E-state index in [0.29, 0.717) is 11.1 Å². The number of aliphatic hydroxyl groups is 1. The summed E-state index contributed by atoms with van der Waals surface area (Å²) in [5.74, 6) is -0.0781. The van der Waals surface area contributed by atoms with Gasteiger partial charge in [0.15, 0.2) is 0 Å². The highest BCUT2D eigenvalue weighted by Crippen LogP contribution is 2.50. The lowest BCUT2D eigenvalue weighted by Gasteiger charge is -2.27. The third-order valence-electron chi connectivity index (χ3n) is 7.22. The number of fused-ring (bicyclic) bond motifs is 3. The minimum absolute atomic E-state index is 0.0547. The van der Waals surface area contributed by atoms with Crippen molar-refractivity contribution in [1.29, 1.82) is 0 Å². The number of aliphatic imine (C=N–C) groups is 1. The zero-order valence-electron chi connectivity index (χ0n) is 19.1. The third kappa shape index (κ3) is 2.58. The predicted molar refractivity (Wildman–Crippen MR) is 134 cm³/mol. The van der Waals surface area contributed by atoms with Gasteiger partial charge in [-0.25, -0.2) is 0 Å². The molecule has 1 N–H and O–H groups in total. The number of para-hydroxylation sites is 1. The van der Waals surface area contributed by atoms with Gasteiger partial charge in [0.1, 0.15) is 5.76 Å². The van der Waals surface area contributed by atoms with Gasteiger partial charge >= 0.3 is 0 Å². The number of anilines is 1. The van der Waals surface area contributed by atoms with Crippen molar-refractivity contribution < 1.29 is 9.90 Å². The molecule has 0 saturated carbocycles. The monoisotopic (exact) mass is 432 g/mol. The number of rotatable bonds is 1. The summed E-state index contributed by atoms with van der Waals surface area (Å²) in [6.07, 6.45) is 1.86. The molecule has 0 bridgehead atoms. The molecular formula is C29H24N2O2. The number of nitrogens with zero attached hydrogens (tertiary/aromatic N) is 2. The Morgan fingerprint density at radius 1 is 0.970 bits per heavy atom. The Kier molecular flexibility index (Phi) is 3.92. The molecule has 0 saturated heterocycles. The normalized spacial score (nSPS) is 22.1. The van der Waals surface area contributed by atoms with Crippen LogP contribution in [-0.2, 0) is 10.2 Å². The van der Waals surface area contributed by atoms with Crippen molar-refractivity contribution in [3.63, 3.8) is 0 Å². The second-order valence-electron chi connectivity index (χ2n) is 9.49. The molecular weight excluding hydrogens is 408 g/mol. The number of aliphatic hydroxyl groups excluding tert-OH is 1. The van der Waals surface area contributed by atoms with E-state index in [1.807, 2.05) is 50.4 Å². The summed E-state index contributed by atoms with van der Waals surface area (Å²) >= 11 is 0. The van der Waals surface area contributed by atoms with Gasteiger partial charge in [-0.1, -0.05) is 56.3 Å². The number of carbonyl (C=O) groups is 1. The van der Waals surface area contributed by atoms with Crippen LogP contribution in [0.4, 0.5) is 11.4 Å². The van der Waals surface area contributed by atoms with Gasteiger partial charge in [0.05, 0.1) is 16.8 Å². The van der Waals surface area contributed by atoms with Gasteiger partial charge in [0.2, 0.25) is 5.78 Å². The molecule has 0 radical (unpaired) electrons. The molecule has 0 amide bonds. The van der Waals surface area contributed by atoms with E-state index in [1.165, 1.54) is 16.3 Å². The van der Waals surface area contributed by atoms with E-state index in [0.717, 1.165) is 33.9 Å². The van der Waals surface area contributed by atoms with Gasteiger partial charge in [-0.2, -0.15) is 0 Å². The first-order valence-corrected chi connectivity index (χ1v) is 11.2. The molecule has 33 heavy (non-hydrogen) atoms. The summed E-state index contributed by atoms with van der Waals surface area (Å²) in [7, 11) is 2.03. The molecule has 4 heteroatoms. The Hall–Kier alpha value is -3.92. The highest BCUT2D eigenvalue weighted by Gasteiger charge is 2.43. The van der Waals surface area contributed by atoms with Crippen LogP contribution >= 0.6 is 0 Å². The van der Waals surface area contributed by atoms with E-state index in [4.69, 9.17) is 0 Å². The SMILES string of the molecule is CC1=Nc2ccccc2/C1=C1/C(=O)C(/C=C2\N(C)c3cc4ccccc4cc3C2(C)C)=C1O. The maximum absolute atomic E-state index is 13.3. The molecule has 0 unspecified atom stereocenters. The smallest absolute Gasteiger partial charge is 0.201 e. The summed E-state index contributed by atoms with van der Waals surface area (Å²) in [6, 6.07) is 20.5. The largest absolute Gasteiger partial charge is 0.506 e. The van der Waals surface area contributed by atoms with Crippen molar-refractivity contribution in [3.8, 4) is 0 Å². The topological polar surface area (TPSA) is 52.9 Å². The highest BCUT2D eigenvalue weighted by molar-refractivity contribution is 6.38. The Balaban J connectivity index is 1.48. The molecule has 0 atom stereocenters. The zero-order chi connectivity index (χ0) is 23.1. The van der Waals surface area contributed by atoms with E-state index in [9.17, 15) is 9.90 Å². The fourth-order valence-corrected chi connectivity index (χ4v) is 5.42. The van der Waals surface area contributed by atoms with Crippen molar-refractivity contribution in [2.75, 3.05) is 11.9 Å². The lowest BCUT2D eigenvalue weighted by molar-refractivity contribution is -0.113. The first-order chi connectivity index (χ1) is 15.8. The van der Waals surface area contributed by atoms with Gasteiger partial charge in [0.25, 0.3) is 0 Å². The summed E-state index contributed by atoms with van der Waals surface area (Å²) < 4.78 is 0. The molecule has 0 aromatic heterocycles. The molecule has 3 aromatic carbocycles. The standard InChI is InChI=1S/C29H24N2O2/c1-16-25(19-11-7-8-12-22(19)30-16)26-27(32)20(28(26)33)15-24-29(2,3)21-13-17-9-5-6-10-18(17)14-23(21)31(24)4/h5-15,32H,1-4H3/b24-15-,26-25+. The minimum Gasteiger partial charge on any atom is -0.506 e. The van der Waals surface area contributed by atoms with Crippen LogP contribution in [0.15, 0.2) is 94.3 Å². The van der Waals surface area contributed by atoms with Crippen molar-refractivity contribution in [2.45, 2.75) is 26.2 Å². The van der Waals surface area contributed by atoms with E-state index in [1.54, 1.807) is 0 Å². The second-order valence-corrected chi connectivity index (χ2v) is 9.49. The van der Waals surface area contributed by atoms with Gasteiger partial charge < -0.3 is 10.0 Å². The molecule has 162 valence electrons. The maximum atomic E-state index is 13.3. The molecule has 1 aliphatic carbocycles. The van der Waals surface area contributed by atoms with Crippen LogP contribution in [-0.4, -0.2) is 23.6 Å². The van der Waals surface area contributed by atoms with Crippen LogP contribution in [0.5, 0.6) is 0 Å². The van der Waals surface area contributed by atoms with Gasteiger partial charge in [-0.15, -0.1) is 0 Å². The first-order valence-electron chi connectivity index (χ1n) is 11.2. The number of carbonyl (C=O) groups excluding carboxylic acids is 1. The first kappa shape index (κ1) is 19.7. The summed E-state index contributed by atoms with van der Waals surface area (Å²) in [5, 5.41) is 13.4. The van der Waals surface area contributed by atoms with Gasteiger partial charge in [0, 0.05) is 40.7 Å². The number of Topliss-reactive ketones (excluding diaryl/α,β-unsaturated/α-hetero) is 1. The molecule has 2 aliphatic heterocycles. The van der Waals surface area contributed by atoms with Crippen molar-refractivity contribution in [2.24, 2.45) is 4.99 Å². The van der Waals surface area contributed by atoms with Crippen LogP contribution < -0.4 is 4.90 Å². The molecule has 6 rings (SSSR count). The van der Waals surface area contributed by atoms with Crippen molar-refractivity contribution in [1.82, 2.24) is 0 Å². The summed E-state index contributed by atoms with van der Waals surface area (Å²) in [6.45, 7) is 6.22. The molecule has 4 nitrogen and oxygen atoms in total. The number of likely N-dealkylation sites (N-methyl/N-ethyl adjacent to an activating group) is 1. The summed E-state index contributed by atoms with van der Waals surface area (Å²) in [4.78, 5) is 20.0. The number of allylic oxidation sites excluding steroid dienone is 5. The Labute approximate surface area is 192 Å². The minimum atomic E-state index is -0.304. The van der Waals surface area contributed by atoms with Crippen molar-refractivity contribution in [3.05, 3.63) is 100 Å². The number of ketones is 1. The fourth-order valence-electron chi connectivity index (χ4n) is 5.42. The lowest BCUT2D eigenvalue weighted by atomic mass is 9.78. The molecule has 3 aliphatic rings. The average molecular weight is 433 g/mol. The number of hydrogen-bond donors (Lipinski definition) is 1. The Bertz CT molecular complexity index is 1530. The van der Waals surface area contributed by atoms with Crippen LogP contribution in [0.2, 0.25) is 0 Å². The van der Waals surface area contributed by atoms with Crippen LogP contribution in [0.1, 0.15) is 31.9 Å². The van der Waals surface area contributed by atoms with Crippen LogP contribution in [0, 0.1) is 0 Å². The van der Waals surface area contributed by atoms with E-state index < -0.39 is 0 Å². The number of hydrogen-bond acceptors (Lipinski definition) is 4. The Morgan fingerprint density at radius 3 is 2.36 bits per heavy atom. The maximum Gasteiger partial charge on any atom is 0.201 e. The summed E-state index contributed by atoms with van der Waals surface area (Å²) in [5.41, 5.74) is 7.00. The molecule has 0 fully saturated rings. The van der Waals surface area contributed by atoms with Crippen LogP contribution in [0.3, 0.4) is 0 Å². The highest BCUT2D eigenvalue weighted by atomic mass is 16.3. The molecule has 0 spiro atoms. The average Bonchev–Trinajstić information content (AvgIpc) is 3.22. The fraction of sp³-hybridized carbons (Fsp3) is 0.172. The number of benzene rings is 3. The van der Waals surface area contributed by atoms with E-state index in [2.05, 4.69) is 54.1 Å². The lowest BCUT2D eigenvalue weighted by Crippen LogP contribution is -2.28. The van der Waals surface area contributed by atoms with Gasteiger partial charge in [-0.3, -0.25) is 9.79 Å². The van der Waals surface area contributed by atoms with Crippen molar-refractivity contribution >= 4 is 39.2 Å². The van der Waals surface area contributed by atoms with Crippen LogP contribution in [0.25, 0.3) is 16.3 Å².